The first-order valence-electron chi connectivity index (χ1n) is 7.45. The van der Waals surface area contributed by atoms with Crippen LogP contribution in [-0.4, -0.2) is 12.6 Å². The Hall–Kier alpha value is -2.01. The topological polar surface area (TPSA) is 44.8 Å². The first-order chi connectivity index (χ1) is 10.7. The zero-order chi connectivity index (χ0) is 15.1. The Morgan fingerprint density at radius 3 is 2.86 bits per heavy atom. The Bertz CT molecular complexity index is 747. The van der Waals surface area contributed by atoms with Gasteiger partial charge in [-0.1, -0.05) is 0 Å². The number of ketones is 1. The van der Waals surface area contributed by atoms with Crippen molar-refractivity contribution in [1.82, 2.24) is 0 Å². The highest BCUT2D eigenvalue weighted by molar-refractivity contribution is 7.14. The van der Waals surface area contributed by atoms with Gasteiger partial charge in [0.05, 0.1) is 5.56 Å². The van der Waals surface area contributed by atoms with Crippen LogP contribution < -0.4 is 14.2 Å². The van der Waals surface area contributed by atoms with Gasteiger partial charge in [0.2, 0.25) is 6.79 Å². The predicted molar refractivity (Wildman–Crippen MR) is 83.6 cm³/mol. The van der Waals surface area contributed by atoms with E-state index in [0.29, 0.717) is 23.0 Å². The number of carbonyl (C=O) groups excluding carboxylic acids is 1. The molecule has 0 atom stereocenters. The smallest absolute Gasteiger partial charge is 0.231 e. The standard InChI is InChI=1S/C17H16O4S/c1-10-12-4-2-3-5-13(18)16(12)17(22-10)21-11-6-7-14-15(8-11)20-9-19-14/h6-8H,2-5,9H2,1H3. The lowest BCUT2D eigenvalue weighted by Crippen LogP contribution is -1.99. The summed E-state index contributed by atoms with van der Waals surface area (Å²) in [4.78, 5) is 13.6. The van der Waals surface area contributed by atoms with E-state index in [0.717, 1.165) is 30.6 Å². The molecule has 0 bridgehead atoms. The Labute approximate surface area is 132 Å². The lowest BCUT2D eigenvalue weighted by Gasteiger charge is -2.07. The average molecular weight is 316 g/mol. The summed E-state index contributed by atoms with van der Waals surface area (Å²) in [6.07, 6.45) is 3.61. The second-order valence-corrected chi connectivity index (χ2v) is 6.73. The Morgan fingerprint density at radius 1 is 1.14 bits per heavy atom. The molecule has 0 fully saturated rings. The largest absolute Gasteiger partial charge is 0.454 e. The van der Waals surface area contributed by atoms with E-state index in [2.05, 4.69) is 6.92 Å². The van der Waals surface area contributed by atoms with Gasteiger partial charge in [0, 0.05) is 17.4 Å². The summed E-state index contributed by atoms with van der Waals surface area (Å²) in [6, 6.07) is 5.49. The zero-order valence-electron chi connectivity index (χ0n) is 12.3. The highest BCUT2D eigenvalue weighted by Crippen LogP contribution is 2.43. The van der Waals surface area contributed by atoms with E-state index in [9.17, 15) is 4.79 Å². The number of aryl methyl sites for hydroxylation is 1. The van der Waals surface area contributed by atoms with Gasteiger partial charge in [-0.3, -0.25) is 4.79 Å². The molecule has 1 aliphatic carbocycles. The minimum Gasteiger partial charge on any atom is -0.454 e. The normalized spacial score (nSPS) is 16.3. The third kappa shape index (κ3) is 2.25. The maximum absolute atomic E-state index is 12.4. The highest BCUT2D eigenvalue weighted by atomic mass is 32.1. The van der Waals surface area contributed by atoms with E-state index in [-0.39, 0.29) is 12.6 Å². The van der Waals surface area contributed by atoms with Crippen LogP contribution in [0.2, 0.25) is 0 Å². The molecule has 22 heavy (non-hydrogen) atoms. The number of hydrogen-bond donors (Lipinski definition) is 0. The van der Waals surface area contributed by atoms with Gasteiger partial charge in [-0.2, -0.15) is 0 Å². The lowest BCUT2D eigenvalue weighted by molar-refractivity contribution is 0.0980. The molecule has 1 aliphatic heterocycles. The molecule has 1 aromatic heterocycles. The van der Waals surface area contributed by atoms with Crippen LogP contribution in [0.5, 0.6) is 22.3 Å². The summed E-state index contributed by atoms with van der Waals surface area (Å²) < 4.78 is 16.7. The summed E-state index contributed by atoms with van der Waals surface area (Å²) in [5.74, 6) is 2.28. The van der Waals surface area contributed by atoms with E-state index in [1.165, 1.54) is 10.4 Å². The Balaban J connectivity index is 1.70. The third-order valence-corrected chi connectivity index (χ3v) is 5.12. The first-order valence-corrected chi connectivity index (χ1v) is 8.27. The maximum atomic E-state index is 12.4. The van der Waals surface area contributed by atoms with Crippen molar-refractivity contribution < 1.29 is 19.0 Å². The summed E-state index contributed by atoms with van der Waals surface area (Å²) >= 11 is 1.56. The molecule has 2 aromatic rings. The fourth-order valence-electron chi connectivity index (χ4n) is 2.97. The number of hydrogen-bond acceptors (Lipinski definition) is 5. The van der Waals surface area contributed by atoms with Crippen molar-refractivity contribution in [3.63, 3.8) is 0 Å². The van der Waals surface area contributed by atoms with Crippen molar-refractivity contribution in [3.05, 3.63) is 34.2 Å². The molecule has 2 heterocycles. The van der Waals surface area contributed by atoms with Gasteiger partial charge in [-0.25, -0.2) is 0 Å². The lowest BCUT2D eigenvalue weighted by atomic mass is 10.1. The van der Waals surface area contributed by atoms with E-state index < -0.39 is 0 Å². The number of ether oxygens (including phenoxy) is 3. The molecule has 0 N–H and O–H groups in total. The van der Waals surface area contributed by atoms with Crippen molar-refractivity contribution in [3.8, 4) is 22.3 Å². The quantitative estimate of drug-likeness (QED) is 0.766. The molecular formula is C17H16O4S. The van der Waals surface area contributed by atoms with Crippen LogP contribution in [0.1, 0.15) is 40.1 Å². The van der Waals surface area contributed by atoms with Gasteiger partial charge in [0.1, 0.15) is 5.75 Å². The molecule has 4 rings (SSSR count). The molecule has 0 saturated carbocycles. The van der Waals surface area contributed by atoms with Crippen molar-refractivity contribution >= 4 is 17.1 Å². The summed E-state index contributed by atoms with van der Waals surface area (Å²) in [7, 11) is 0. The Kier molecular flexibility index (Phi) is 3.30. The molecule has 0 radical (unpaired) electrons. The van der Waals surface area contributed by atoms with Gasteiger partial charge in [0.25, 0.3) is 0 Å². The third-order valence-electron chi connectivity index (χ3n) is 4.09. The fourth-order valence-corrected chi connectivity index (χ4v) is 4.05. The van der Waals surface area contributed by atoms with Crippen molar-refractivity contribution in [1.29, 1.82) is 0 Å². The van der Waals surface area contributed by atoms with Crippen LogP contribution in [0.15, 0.2) is 18.2 Å². The molecule has 1 aromatic carbocycles. The van der Waals surface area contributed by atoms with Crippen molar-refractivity contribution in [2.45, 2.75) is 32.6 Å². The summed E-state index contributed by atoms with van der Waals surface area (Å²) in [5.41, 5.74) is 1.96. The van der Waals surface area contributed by atoms with Crippen molar-refractivity contribution in [2.24, 2.45) is 0 Å². The maximum Gasteiger partial charge on any atom is 0.231 e. The second-order valence-electron chi connectivity index (χ2n) is 5.55. The van der Waals surface area contributed by atoms with Gasteiger partial charge >= 0.3 is 0 Å². The van der Waals surface area contributed by atoms with Crippen LogP contribution in [0.4, 0.5) is 0 Å². The molecule has 2 aliphatic rings. The predicted octanol–water partition coefficient (Wildman–Crippen LogP) is 4.49. The van der Waals surface area contributed by atoms with Crippen LogP contribution in [0.3, 0.4) is 0 Å². The first kappa shape index (κ1) is 13.6. The van der Waals surface area contributed by atoms with Crippen LogP contribution in [-0.2, 0) is 6.42 Å². The van der Waals surface area contributed by atoms with Crippen LogP contribution in [0, 0.1) is 6.92 Å². The molecule has 114 valence electrons. The fraction of sp³-hybridized carbons (Fsp3) is 0.353. The average Bonchev–Trinajstić information content (AvgIpc) is 3.02. The molecule has 5 heteroatoms. The van der Waals surface area contributed by atoms with E-state index >= 15 is 0 Å². The van der Waals surface area contributed by atoms with Gasteiger partial charge in [0.15, 0.2) is 22.3 Å². The molecule has 0 spiro atoms. The Morgan fingerprint density at radius 2 is 1.95 bits per heavy atom. The minimum atomic E-state index is 0.201. The number of thiophene rings is 1. The molecular weight excluding hydrogens is 300 g/mol. The van der Waals surface area contributed by atoms with E-state index in [4.69, 9.17) is 14.2 Å². The number of Topliss-reactive ketones (excluding diaryl/α,β-unsaturated/α-hetero) is 1. The number of benzene rings is 1. The van der Waals surface area contributed by atoms with Gasteiger partial charge in [-0.15, -0.1) is 11.3 Å². The number of carbonyl (C=O) groups is 1. The molecule has 0 unspecified atom stereocenters. The van der Waals surface area contributed by atoms with E-state index in [1.54, 1.807) is 11.3 Å². The van der Waals surface area contributed by atoms with E-state index in [1.807, 2.05) is 18.2 Å². The molecule has 0 saturated heterocycles. The van der Waals surface area contributed by atoms with Crippen molar-refractivity contribution in [2.75, 3.05) is 6.79 Å². The summed E-state index contributed by atoms with van der Waals surface area (Å²) in [5, 5.41) is 0.707. The number of fused-ring (bicyclic) bond motifs is 2. The zero-order valence-corrected chi connectivity index (χ0v) is 13.1. The molecule has 0 amide bonds. The monoisotopic (exact) mass is 316 g/mol. The highest BCUT2D eigenvalue weighted by Gasteiger charge is 2.25. The van der Waals surface area contributed by atoms with Crippen LogP contribution >= 0.6 is 11.3 Å². The number of rotatable bonds is 2. The SMILES string of the molecule is Cc1sc(Oc2ccc3c(c2)OCO3)c2c1CCCCC2=O. The summed E-state index contributed by atoms with van der Waals surface area (Å²) in [6.45, 7) is 2.30. The second kappa shape index (κ2) is 5.32. The molecule has 4 nitrogen and oxygen atoms in total. The minimum absolute atomic E-state index is 0.201. The van der Waals surface area contributed by atoms with Gasteiger partial charge < -0.3 is 14.2 Å². The van der Waals surface area contributed by atoms with Gasteiger partial charge in [-0.05, 0) is 43.9 Å². The van der Waals surface area contributed by atoms with Crippen LogP contribution in [0.25, 0.3) is 0 Å².